The molecule has 0 radical (unpaired) electrons. The van der Waals surface area contributed by atoms with Crippen molar-refractivity contribution in [2.75, 3.05) is 13.1 Å². The number of carbonyl (C=O) groups is 3. The van der Waals surface area contributed by atoms with Crippen molar-refractivity contribution in [3.63, 3.8) is 0 Å². The molecule has 9 heteroatoms. The molecule has 4 atom stereocenters. The summed E-state index contributed by atoms with van der Waals surface area (Å²) in [4.78, 5) is 48.5. The molecule has 0 aliphatic carbocycles. The highest BCUT2D eigenvalue weighted by Gasteiger charge is 2.39. The van der Waals surface area contributed by atoms with E-state index >= 15 is 0 Å². The van der Waals surface area contributed by atoms with Gasteiger partial charge in [-0.25, -0.2) is 4.98 Å². The number of rotatable bonds is 9. The number of aryl methyl sites for hydroxylation is 1. The maximum absolute atomic E-state index is 13.7. The first-order valence-electron chi connectivity index (χ1n) is 15.7. The van der Waals surface area contributed by atoms with Gasteiger partial charge in [-0.2, -0.15) is 0 Å². The summed E-state index contributed by atoms with van der Waals surface area (Å²) in [5, 5.41) is 14.8. The second-order valence-corrected chi connectivity index (χ2v) is 13.4. The second-order valence-electron chi connectivity index (χ2n) is 13.4. The number of nitrogens with zero attached hydrogens (tertiary/aromatic N) is 3. The quantitative estimate of drug-likeness (QED) is 0.354. The Hall–Kier alpha value is -3.98. The highest BCUT2D eigenvalue weighted by Crippen LogP contribution is 2.33. The lowest BCUT2D eigenvalue weighted by Gasteiger charge is -2.35. The van der Waals surface area contributed by atoms with Gasteiger partial charge in [0.1, 0.15) is 12.3 Å². The summed E-state index contributed by atoms with van der Waals surface area (Å²) >= 11 is 0. The van der Waals surface area contributed by atoms with Gasteiger partial charge in [0.25, 0.3) is 11.8 Å². The van der Waals surface area contributed by atoms with Crippen LogP contribution in [0.3, 0.4) is 0 Å². The van der Waals surface area contributed by atoms with E-state index in [4.69, 9.17) is 4.42 Å². The predicted molar refractivity (Wildman–Crippen MR) is 167 cm³/mol. The number of aliphatic hydroxyl groups is 1. The minimum absolute atomic E-state index is 0.0233. The van der Waals surface area contributed by atoms with Crippen molar-refractivity contribution >= 4 is 17.7 Å². The number of carbonyl (C=O) groups excluding carboxylic acids is 3. The van der Waals surface area contributed by atoms with Crippen LogP contribution in [0.2, 0.25) is 0 Å². The number of oxazole rings is 1. The normalized spacial score (nSPS) is 20.0. The van der Waals surface area contributed by atoms with Gasteiger partial charge < -0.3 is 24.6 Å². The Kier molecular flexibility index (Phi) is 9.53. The number of likely N-dealkylation sites (tertiary alicyclic amines) is 2. The van der Waals surface area contributed by atoms with E-state index in [2.05, 4.69) is 10.3 Å². The molecule has 3 amide bonds. The third-order valence-corrected chi connectivity index (χ3v) is 8.53. The van der Waals surface area contributed by atoms with Crippen LogP contribution in [-0.2, 0) is 11.2 Å². The third kappa shape index (κ3) is 7.38. The van der Waals surface area contributed by atoms with E-state index in [0.717, 1.165) is 30.5 Å². The van der Waals surface area contributed by atoms with Crippen molar-refractivity contribution < 1.29 is 23.9 Å². The van der Waals surface area contributed by atoms with Gasteiger partial charge in [0.05, 0.1) is 23.9 Å². The molecule has 5 rings (SSSR count). The van der Waals surface area contributed by atoms with Crippen molar-refractivity contribution in [2.24, 2.45) is 5.41 Å². The smallest absolute Gasteiger partial charge is 0.254 e. The van der Waals surface area contributed by atoms with Gasteiger partial charge in [0, 0.05) is 30.6 Å². The summed E-state index contributed by atoms with van der Waals surface area (Å²) in [6.07, 6.45) is 4.49. The number of nitrogens with one attached hydrogen (secondary N) is 1. The second kappa shape index (κ2) is 13.3. The first kappa shape index (κ1) is 31.4. The van der Waals surface area contributed by atoms with E-state index in [1.165, 1.54) is 0 Å². The maximum Gasteiger partial charge on any atom is 0.254 e. The number of amides is 3. The first-order valence-corrected chi connectivity index (χ1v) is 15.7. The molecule has 1 aromatic heterocycles. The van der Waals surface area contributed by atoms with E-state index < -0.39 is 18.2 Å². The molecule has 9 nitrogen and oxygen atoms in total. The van der Waals surface area contributed by atoms with Gasteiger partial charge in [0.15, 0.2) is 0 Å². The van der Waals surface area contributed by atoms with Crippen molar-refractivity contribution in [3.8, 4) is 0 Å². The fourth-order valence-electron chi connectivity index (χ4n) is 6.41. The van der Waals surface area contributed by atoms with Gasteiger partial charge in [0.2, 0.25) is 11.8 Å². The minimum atomic E-state index is -0.968. The molecule has 2 saturated heterocycles. The third-order valence-electron chi connectivity index (χ3n) is 8.53. The fourth-order valence-corrected chi connectivity index (χ4v) is 6.41. The van der Waals surface area contributed by atoms with Crippen molar-refractivity contribution in [2.45, 2.75) is 90.4 Å². The van der Waals surface area contributed by atoms with Crippen LogP contribution < -0.4 is 5.32 Å². The Labute approximate surface area is 259 Å². The highest BCUT2D eigenvalue weighted by atomic mass is 16.3. The topological polar surface area (TPSA) is 116 Å². The minimum Gasteiger partial charge on any atom is -0.446 e. The standard InChI is InChI=1S/C35H44N4O5/c1-23-22-44-33(36-23)29-16-10-18-39(29)34(43)26-14-8-13-25(20-26)32(42)37-27(19-24-11-6-5-7-12-24)31(41)28-15-9-17-38(28)30(40)21-35(2,3)4/h5-8,11-14,20,22,27-29,31,41H,9-10,15-19,21H2,1-4H3,(H,37,42)/t27-,28+,29+,31-/m0/s1. The Balaban J connectivity index is 1.34. The summed E-state index contributed by atoms with van der Waals surface area (Å²) in [6, 6.07) is 15.1. The van der Waals surface area contributed by atoms with Crippen LogP contribution in [0, 0.1) is 12.3 Å². The van der Waals surface area contributed by atoms with E-state index in [9.17, 15) is 19.5 Å². The molecule has 3 aromatic rings. The number of hydrogen-bond donors (Lipinski definition) is 2. The summed E-state index contributed by atoms with van der Waals surface area (Å²) in [6.45, 7) is 9.12. The molecule has 2 fully saturated rings. The SMILES string of the molecule is Cc1coc([C@H]2CCCN2C(=O)c2cccc(C(=O)N[C@@H](Cc3ccccc3)[C@H](O)[C@H]3CCCN3C(=O)CC(C)(C)C)c2)n1. The molecule has 2 aliphatic rings. The average molecular weight is 601 g/mol. The first-order chi connectivity index (χ1) is 21.0. The van der Waals surface area contributed by atoms with Crippen molar-refractivity contribution in [1.82, 2.24) is 20.1 Å². The van der Waals surface area contributed by atoms with Crippen LogP contribution in [0.1, 0.15) is 96.8 Å². The maximum atomic E-state index is 13.7. The molecule has 0 unspecified atom stereocenters. The molecule has 234 valence electrons. The summed E-state index contributed by atoms with van der Waals surface area (Å²) in [7, 11) is 0. The lowest BCUT2D eigenvalue weighted by molar-refractivity contribution is -0.136. The van der Waals surface area contributed by atoms with Crippen molar-refractivity contribution in [3.05, 3.63) is 89.1 Å². The summed E-state index contributed by atoms with van der Waals surface area (Å²) in [5.74, 6) is -0.0126. The number of benzene rings is 2. The largest absolute Gasteiger partial charge is 0.446 e. The van der Waals surface area contributed by atoms with E-state index in [-0.39, 0.29) is 29.2 Å². The predicted octanol–water partition coefficient (Wildman–Crippen LogP) is 5.09. The van der Waals surface area contributed by atoms with Crippen molar-refractivity contribution in [1.29, 1.82) is 0 Å². The Morgan fingerprint density at radius 2 is 1.70 bits per heavy atom. The van der Waals surface area contributed by atoms with E-state index in [1.807, 2.05) is 58.0 Å². The number of aliphatic hydroxyl groups excluding tert-OH is 1. The Morgan fingerprint density at radius 3 is 2.41 bits per heavy atom. The molecule has 3 heterocycles. The van der Waals surface area contributed by atoms with E-state index in [1.54, 1.807) is 40.3 Å². The zero-order chi connectivity index (χ0) is 31.4. The van der Waals surface area contributed by atoms with Crippen LogP contribution in [0.5, 0.6) is 0 Å². The van der Waals surface area contributed by atoms with Crippen LogP contribution in [0.4, 0.5) is 0 Å². The van der Waals surface area contributed by atoms with Gasteiger partial charge in [-0.05, 0) is 68.2 Å². The molecule has 0 bridgehead atoms. The zero-order valence-electron chi connectivity index (χ0n) is 26.2. The fraction of sp³-hybridized carbons (Fsp3) is 0.486. The molecule has 2 N–H and O–H groups in total. The van der Waals surface area contributed by atoms with Crippen LogP contribution in [0.15, 0.2) is 65.3 Å². The molecule has 2 aromatic carbocycles. The van der Waals surface area contributed by atoms with Crippen LogP contribution >= 0.6 is 0 Å². The van der Waals surface area contributed by atoms with E-state index in [0.29, 0.717) is 49.4 Å². The molecule has 2 aliphatic heterocycles. The summed E-state index contributed by atoms with van der Waals surface area (Å²) < 4.78 is 5.61. The monoisotopic (exact) mass is 600 g/mol. The zero-order valence-corrected chi connectivity index (χ0v) is 26.2. The lowest BCUT2D eigenvalue weighted by Crippen LogP contribution is -2.54. The Morgan fingerprint density at radius 1 is 1.00 bits per heavy atom. The highest BCUT2D eigenvalue weighted by molar-refractivity contribution is 6.00. The Bertz CT molecular complexity index is 1460. The van der Waals surface area contributed by atoms with Gasteiger partial charge >= 0.3 is 0 Å². The van der Waals surface area contributed by atoms with Gasteiger partial charge in [-0.15, -0.1) is 0 Å². The molecule has 44 heavy (non-hydrogen) atoms. The van der Waals surface area contributed by atoms with Crippen LogP contribution in [-0.4, -0.2) is 68.9 Å². The van der Waals surface area contributed by atoms with Gasteiger partial charge in [-0.3, -0.25) is 14.4 Å². The molecule has 0 spiro atoms. The molecule has 0 saturated carbocycles. The summed E-state index contributed by atoms with van der Waals surface area (Å²) in [5.41, 5.74) is 2.30. The van der Waals surface area contributed by atoms with Gasteiger partial charge in [-0.1, -0.05) is 57.2 Å². The average Bonchev–Trinajstić information content (AvgIpc) is 3.77. The molecular formula is C35H44N4O5. The number of hydrogen-bond acceptors (Lipinski definition) is 6. The van der Waals surface area contributed by atoms with Crippen LogP contribution in [0.25, 0.3) is 0 Å². The number of aromatic nitrogens is 1. The lowest BCUT2D eigenvalue weighted by atomic mass is 9.90. The molecular weight excluding hydrogens is 556 g/mol.